The molecule has 0 aliphatic carbocycles. The van der Waals surface area contributed by atoms with E-state index in [1.807, 2.05) is 0 Å². The lowest BCUT2D eigenvalue weighted by Gasteiger charge is -2.25. The van der Waals surface area contributed by atoms with Gasteiger partial charge in [0.25, 0.3) is 0 Å². The second-order valence-electron chi connectivity index (χ2n) is 8.47. The molecule has 0 aliphatic heterocycles. The van der Waals surface area contributed by atoms with Gasteiger partial charge in [0, 0.05) is 6.04 Å². The van der Waals surface area contributed by atoms with Crippen molar-refractivity contribution in [1.82, 2.24) is 5.32 Å². The van der Waals surface area contributed by atoms with E-state index in [9.17, 15) is 0 Å². The predicted molar refractivity (Wildman–Crippen MR) is 116 cm³/mol. The van der Waals surface area contributed by atoms with Crippen LogP contribution in [0.5, 0.6) is 0 Å². The van der Waals surface area contributed by atoms with Crippen molar-refractivity contribution in [3.05, 3.63) is 107 Å². The number of nitrogens with one attached hydrogen (secondary N) is 1. The average Bonchev–Trinajstić information content (AvgIpc) is 2.67. The Kier molecular flexibility index (Phi) is 6.13. The Bertz CT molecular complexity index is 774. The number of rotatable bonds is 6. The molecule has 0 spiro atoms. The van der Waals surface area contributed by atoms with Crippen LogP contribution in [-0.2, 0) is 11.8 Å². The van der Waals surface area contributed by atoms with E-state index in [4.69, 9.17) is 0 Å². The van der Waals surface area contributed by atoms with Crippen LogP contribution in [0.2, 0.25) is 0 Å². The standard InChI is InChI=1S/C26H31N/c1-20(19-21-15-17-24(18-16-21)26(2,3)4)27-25(22-11-7-5-8-12-22)23-13-9-6-10-14-23/h5-18,20,25,27H,19H2,1-4H3. The van der Waals surface area contributed by atoms with Crippen molar-refractivity contribution in [1.29, 1.82) is 0 Å². The van der Waals surface area contributed by atoms with Gasteiger partial charge in [0.1, 0.15) is 0 Å². The Hall–Kier alpha value is -2.38. The van der Waals surface area contributed by atoms with Crippen molar-refractivity contribution < 1.29 is 0 Å². The van der Waals surface area contributed by atoms with E-state index in [1.165, 1.54) is 22.3 Å². The molecule has 1 nitrogen and oxygen atoms in total. The monoisotopic (exact) mass is 357 g/mol. The van der Waals surface area contributed by atoms with Crippen LogP contribution in [0.15, 0.2) is 84.9 Å². The van der Waals surface area contributed by atoms with E-state index in [-0.39, 0.29) is 11.5 Å². The zero-order valence-electron chi connectivity index (χ0n) is 16.9. The third-order valence-electron chi connectivity index (χ3n) is 5.08. The highest BCUT2D eigenvalue weighted by atomic mass is 14.9. The van der Waals surface area contributed by atoms with E-state index in [0.29, 0.717) is 6.04 Å². The molecule has 0 bridgehead atoms. The fourth-order valence-electron chi connectivity index (χ4n) is 3.51. The third kappa shape index (κ3) is 5.30. The molecule has 0 fully saturated rings. The molecule has 3 rings (SSSR count). The molecular weight excluding hydrogens is 326 g/mol. The SMILES string of the molecule is CC(Cc1ccc(C(C)(C)C)cc1)NC(c1ccccc1)c1ccccc1. The minimum absolute atomic E-state index is 0.202. The van der Waals surface area contributed by atoms with E-state index >= 15 is 0 Å². The first-order valence-corrected chi connectivity index (χ1v) is 9.89. The van der Waals surface area contributed by atoms with Crippen LogP contribution in [0, 0.1) is 0 Å². The lowest BCUT2D eigenvalue weighted by Crippen LogP contribution is -2.32. The first kappa shape index (κ1) is 19.4. The van der Waals surface area contributed by atoms with Gasteiger partial charge in [-0.3, -0.25) is 0 Å². The molecule has 0 radical (unpaired) electrons. The Labute approximate surface area is 164 Å². The summed E-state index contributed by atoms with van der Waals surface area (Å²) in [4.78, 5) is 0. The van der Waals surface area contributed by atoms with Gasteiger partial charge >= 0.3 is 0 Å². The molecule has 140 valence electrons. The molecule has 3 aromatic carbocycles. The van der Waals surface area contributed by atoms with Gasteiger partial charge in [0.15, 0.2) is 0 Å². The summed E-state index contributed by atoms with van der Waals surface area (Å²) in [6, 6.07) is 31.1. The summed E-state index contributed by atoms with van der Waals surface area (Å²) in [5, 5.41) is 3.84. The van der Waals surface area contributed by atoms with E-state index in [1.54, 1.807) is 0 Å². The maximum atomic E-state index is 3.84. The second kappa shape index (κ2) is 8.54. The Morgan fingerprint density at radius 3 is 1.63 bits per heavy atom. The van der Waals surface area contributed by atoms with Crippen molar-refractivity contribution in [3.63, 3.8) is 0 Å². The number of hydrogen-bond donors (Lipinski definition) is 1. The summed E-state index contributed by atoms with van der Waals surface area (Å²) in [7, 11) is 0. The highest BCUT2D eigenvalue weighted by Gasteiger charge is 2.17. The zero-order chi connectivity index (χ0) is 19.3. The quantitative estimate of drug-likeness (QED) is 0.546. The largest absolute Gasteiger partial charge is 0.303 e. The summed E-state index contributed by atoms with van der Waals surface area (Å²) in [6.07, 6.45) is 1.01. The summed E-state index contributed by atoms with van der Waals surface area (Å²) >= 11 is 0. The second-order valence-corrected chi connectivity index (χ2v) is 8.47. The maximum Gasteiger partial charge on any atom is 0.0578 e. The van der Waals surface area contributed by atoms with Crippen LogP contribution in [0.4, 0.5) is 0 Å². The highest BCUT2D eigenvalue weighted by molar-refractivity contribution is 5.32. The Morgan fingerprint density at radius 2 is 1.19 bits per heavy atom. The molecule has 3 aromatic rings. The Balaban J connectivity index is 1.74. The smallest absolute Gasteiger partial charge is 0.0578 e. The fourth-order valence-corrected chi connectivity index (χ4v) is 3.51. The van der Waals surface area contributed by atoms with E-state index < -0.39 is 0 Å². The third-order valence-corrected chi connectivity index (χ3v) is 5.08. The molecule has 0 saturated heterocycles. The van der Waals surface area contributed by atoms with Crippen molar-refractivity contribution >= 4 is 0 Å². The molecule has 1 atom stereocenters. The van der Waals surface area contributed by atoms with Crippen molar-refractivity contribution in [3.8, 4) is 0 Å². The highest BCUT2D eigenvalue weighted by Crippen LogP contribution is 2.24. The summed E-state index contributed by atoms with van der Waals surface area (Å²) in [6.45, 7) is 9.06. The van der Waals surface area contributed by atoms with Crippen LogP contribution in [-0.4, -0.2) is 6.04 Å². The van der Waals surface area contributed by atoms with Gasteiger partial charge in [-0.05, 0) is 41.0 Å². The van der Waals surface area contributed by atoms with Crippen molar-refractivity contribution in [2.45, 2.75) is 51.6 Å². The van der Waals surface area contributed by atoms with E-state index in [2.05, 4.69) is 118 Å². The summed E-state index contributed by atoms with van der Waals surface area (Å²) in [5.41, 5.74) is 5.58. The minimum atomic E-state index is 0.202. The van der Waals surface area contributed by atoms with Gasteiger partial charge in [0.05, 0.1) is 6.04 Å². The van der Waals surface area contributed by atoms with Gasteiger partial charge in [-0.2, -0.15) is 0 Å². The average molecular weight is 358 g/mol. The first-order chi connectivity index (χ1) is 12.9. The van der Waals surface area contributed by atoms with Crippen LogP contribution >= 0.6 is 0 Å². The van der Waals surface area contributed by atoms with Crippen molar-refractivity contribution in [2.24, 2.45) is 0 Å². The van der Waals surface area contributed by atoms with Gasteiger partial charge in [-0.25, -0.2) is 0 Å². The van der Waals surface area contributed by atoms with E-state index in [0.717, 1.165) is 6.42 Å². The predicted octanol–water partition coefficient (Wildman–Crippen LogP) is 6.29. The lowest BCUT2D eigenvalue weighted by molar-refractivity contribution is 0.496. The zero-order valence-corrected chi connectivity index (χ0v) is 16.9. The van der Waals surface area contributed by atoms with Gasteiger partial charge in [0.2, 0.25) is 0 Å². The van der Waals surface area contributed by atoms with Crippen LogP contribution in [0.25, 0.3) is 0 Å². The fraction of sp³-hybridized carbons (Fsp3) is 0.308. The molecule has 27 heavy (non-hydrogen) atoms. The number of benzene rings is 3. The summed E-state index contributed by atoms with van der Waals surface area (Å²) in [5.74, 6) is 0. The molecule has 0 aliphatic rings. The summed E-state index contributed by atoms with van der Waals surface area (Å²) < 4.78 is 0. The molecule has 0 saturated carbocycles. The molecule has 1 heteroatoms. The molecule has 1 N–H and O–H groups in total. The van der Waals surface area contributed by atoms with Gasteiger partial charge in [-0.15, -0.1) is 0 Å². The topological polar surface area (TPSA) is 12.0 Å². The van der Waals surface area contributed by atoms with Crippen LogP contribution < -0.4 is 5.32 Å². The van der Waals surface area contributed by atoms with Crippen molar-refractivity contribution in [2.75, 3.05) is 0 Å². The Morgan fingerprint density at radius 1 is 0.704 bits per heavy atom. The van der Waals surface area contributed by atoms with Crippen LogP contribution in [0.1, 0.15) is 56.0 Å². The first-order valence-electron chi connectivity index (χ1n) is 9.89. The molecule has 0 heterocycles. The lowest BCUT2D eigenvalue weighted by atomic mass is 9.86. The normalized spacial score (nSPS) is 12.9. The molecular formula is C26H31N. The molecule has 1 unspecified atom stereocenters. The maximum absolute atomic E-state index is 3.84. The van der Waals surface area contributed by atoms with Gasteiger partial charge < -0.3 is 5.32 Å². The van der Waals surface area contributed by atoms with Gasteiger partial charge in [-0.1, -0.05) is 106 Å². The minimum Gasteiger partial charge on any atom is -0.303 e. The number of hydrogen-bond acceptors (Lipinski definition) is 1. The molecule has 0 amide bonds. The molecule has 0 aromatic heterocycles. The van der Waals surface area contributed by atoms with Crippen LogP contribution in [0.3, 0.4) is 0 Å².